The van der Waals surface area contributed by atoms with Gasteiger partial charge in [0, 0.05) is 16.6 Å². The fourth-order valence-corrected chi connectivity index (χ4v) is 1.68. The molecular weight excluding hydrogens is 299 g/mol. The van der Waals surface area contributed by atoms with Crippen molar-refractivity contribution < 1.29 is 22.0 Å². The average molecular weight is 305 g/mol. The lowest BCUT2D eigenvalue weighted by molar-refractivity contribution is -0.142. The Balaban J connectivity index is 3.43. The number of hydrogen-bond acceptors (Lipinski definition) is 2. The summed E-state index contributed by atoms with van der Waals surface area (Å²) in [5, 5.41) is 0. The lowest BCUT2D eigenvalue weighted by Crippen LogP contribution is -2.16. The minimum Gasteiger partial charge on any atom is -0.326 e. The summed E-state index contributed by atoms with van der Waals surface area (Å²) >= 11 is 2.77. The van der Waals surface area contributed by atoms with Crippen LogP contribution in [0.4, 0.5) is 22.0 Å². The molecule has 0 aliphatic rings. The van der Waals surface area contributed by atoms with Crippen LogP contribution in [0.2, 0.25) is 0 Å². The largest absolute Gasteiger partial charge is 0.433 e. The number of pyridine rings is 1. The number of halogens is 6. The summed E-state index contributed by atoms with van der Waals surface area (Å²) in [5.41, 5.74) is 2.47. The molecule has 16 heavy (non-hydrogen) atoms. The van der Waals surface area contributed by atoms with Crippen molar-refractivity contribution in [3.63, 3.8) is 0 Å². The van der Waals surface area contributed by atoms with Crippen molar-refractivity contribution in [3.8, 4) is 0 Å². The fraction of sp³-hybridized carbons (Fsp3) is 0.375. The van der Waals surface area contributed by atoms with Crippen LogP contribution in [0.1, 0.15) is 23.4 Å². The molecule has 0 unspecified atom stereocenters. The molecule has 0 amide bonds. The average Bonchev–Trinajstić information content (AvgIpc) is 2.14. The first kappa shape index (κ1) is 13.3. The monoisotopic (exact) mass is 304 g/mol. The van der Waals surface area contributed by atoms with Gasteiger partial charge < -0.3 is 5.73 Å². The van der Waals surface area contributed by atoms with E-state index in [-0.39, 0.29) is 10.0 Å². The molecule has 8 heteroatoms. The van der Waals surface area contributed by atoms with Gasteiger partial charge in [-0.1, -0.05) is 15.9 Å². The maximum absolute atomic E-state index is 12.5. The molecule has 0 saturated heterocycles. The molecule has 0 spiro atoms. The highest BCUT2D eigenvalue weighted by molar-refractivity contribution is 9.10. The smallest absolute Gasteiger partial charge is 0.326 e. The molecule has 2 nitrogen and oxygen atoms in total. The van der Waals surface area contributed by atoms with E-state index < -0.39 is 30.5 Å². The molecule has 0 fully saturated rings. The topological polar surface area (TPSA) is 38.9 Å². The minimum absolute atomic E-state index is 0.118. The van der Waals surface area contributed by atoms with Gasteiger partial charge in [0.25, 0.3) is 6.43 Å². The highest BCUT2D eigenvalue weighted by Gasteiger charge is 2.37. The van der Waals surface area contributed by atoms with Crippen LogP contribution < -0.4 is 5.73 Å². The van der Waals surface area contributed by atoms with Gasteiger partial charge in [-0.2, -0.15) is 13.2 Å². The maximum atomic E-state index is 12.5. The van der Waals surface area contributed by atoms with E-state index in [1.54, 1.807) is 0 Å². The van der Waals surface area contributed by atoms with Crippen LogP contribution in [-0.4, -0.2) is 4.98 Å². The molecule has 0 aliphatic carbocycles. The molecule has 0 saturated carbocycles. The first-order chi connectivity index (χ1) is 7.27. The third kappa shape index (κ3) is 2.67. The van der Waals surface area contributed by atoms with Gasteiger partial charge in [-0.25, -0.2) is 13.8 Å². The van der Waals surface area contributed by atoms with Gasteiger partial charge in [0.15, 0.2) is 5.69 Å². The maximum Gasteiger partial charge on any atom is 0.433 e. The second-order valence-electron chi connectivity index (χ2n) is 2.86. The molecule has 1 aromatic heterocycles. The second kappa shape index (κ2) is 4.62. The molecule has 1 rings (SSSR count). The zero-order valence-electron chi connectivity index (χ0n) is 7.65. The van der Waals surface area contributed by atoms with Crippen molar-refractivity contribution >= 4 is 15.9 Å². The third-order valence-corrected chi connectivity index (χ3v) is 2.49. The SMILES string of the molecule is NCc1c(Br)cc(C(F)F)nc1C(F)(F)F. The first-order valence-corrected chi connectivity index (χ1v) is 4.81. The lowest BCUT2D eigenvalue weighted by Gasteiger charge is -2.13. The van der Waals surface area contributed by atoms with Crippen molar-refractivity contribution in [2.45, 2.75) is 19.1 Å². The van der Waals surface area contributed by atoms with Crippen molar-refractivity contribution in [3.05, 3.63) is 27.5 Å². The van der Waals surface area contributed by atoms with Gasteiger partial charge in [-0.05, 0) is 6.07 Å². The number of rotatable bonds is 2. The molecular formula is C8H6BrF5N2. The quantitative estimate of drug-likeness (QED) is 0.852. The van der Waals surface area contributed by atoms with E-state index in [0.29, 0.717) is 0 Å². The van der Waals surface area contributed by atoms with Crippen LogP contribution in [0.5, 0.6) is 0 Å². The Morgan fingerprint density at radius 1 is 1.38 bits per heavy atom. The van der Waals surface area contributed by atoms with Crippen LogP contribution in [0.15, 0.2) is 10.5 Å². The van der Waals surface area contributed by atoms with E-state index in [1.165, 1.54) is 0 Å². The molecule has 1 heterocycles. The molecule has 0 aromatic carbocycles. The van der Waals surface area contributed by atoms with Gasteiger partial charge in [0.1, 0.15) is 5.69 Å². The Hall–Kier alpha value is -0.760. The Morgan fingerprint density at radius 2 is 1.94 bits per heavy atom. The van der Waals surface area contributed by atoms with Crippen molar-refractivity contribution in [1.82, 2.24) is 4.98 Å². The van der Waals surface area contributed by atoms with Crippen molar-refractivity contribution in [2.75, 3.05) is 0 Å². The van der Waals surface area contributed by atoms with E-state index in [1.807, 2.05) is 0 Å². The minimum atomic E-state index is -4.80. The highest BCUT2D eigenvalue weighted by Crippen LogP contribution is 2.35. The molecule has 0 bridgehead atoms. The fourth-order valence-electron chi connectivity index (χ4n) is 1.10. The summed E-state index contributed by atoms with van der Waals surface area (Å²) < 4.78 is 61.8. The number of alkyl halides is 5. The standard InChI is InChI=1S/C8H6BrF5N2/c9-4-1-5(7(10)11)16-6(3(4)2-15)8(12,13)14/h1,7H,2,15H2. The predicted octanol–water partition coefficient (Wildman–Crippen LogP) is 3.26. The summed E-state index contributed by atoms with van der Waals surface area (Å²) in [6.07, 6.45) is -7.87. The van der Waals surface area contributed by atoms with Crippen molar-refractivity contribution in [1.29, 1.82) is 0 Å². The van der Waals surface area contributed by atoms with Crippen molar-refractivity contribution in [2.24, 2.45) is 5.73 Å². The molecule has 0 aliphatic heterocycles. The highest BCUT2D eigenvalue weighted by atomic mass is 79.9. The predicted molar refractivity (Wildman–Crippen MR) is 49.8 cm³/mol. The summed E-state index contributed by atoms with van der Waals surface area (Å²) in [6.45, 7) is -0.439. The number of hydrogen-bond donors (Lipinski definition) is 1. The van der Waals surface area contributed by atoms with E-state index in [2.05, 4.69) is 20.9 Å². The Labute approximate surface area is 95.8 Å². The van der Waals surface area contributed by atoms with Crippen LogP contribution >= 0.6 is 15.9 Å². The number of nitrogens with zero attached hydrogens (tertiary/aromatic N) is 1. The summed E-state index contributed by atoms with van der Waals surface area (Å²) in [5.74, 6) is 0. The van der Waals surface area contributed by atoms with Gasteiger partial charge in [-0.3, -0.25) is 0 Å². The van der Waals surface area contributed by atoms with Crippen LogP contribution in [0.3, 0.4) is 0 Å². The van der Waals surface area contributed by atoms with Gasteiger partial charge >= 0.3 is 6.18 Å². The zero-order chi connectivity index (χ0) is 12.5. The molecule has 0 radical (unpaired) electrons. The first-order valence-electron chi connectivity index (χ1n) is 4.02. The molecule has 90 valence electrons. The Morgan fingerprint density at radius 3 is 2.31 bits per heavy atom. The lowest BCUT2D eigenvalue weighted by atomic mass is 10.1. The summed E-state index contributed by atoms with van der Waals surface area (Å²) in [7, 11) is 0. The molecule has 2 N–H and O–H groups in total. The van der Waals surface area contributed by atoms with E-state index >= 15 is 0 Å². The summed E-state index contributed by atoms with van der Waals surface area (Å²) in [4.78, 5) is 2.89. The molecule has 0 atom stereocenters. The second-order valence-corrected chi connectivity index (χ2v) is 3.71. The van der Waals surface area contributed by atoms with E-state index in [4.69, 9.17) is 5.73 Å². The van der Waals surface area contributed by atoms with E-state index in [9.17, 15) is 22.0 Å². The van der Waals surface area contributed by atoms with Gasteiger partial charge in [0.05, 0.1) is 0 Å². The van der Waals surface area contributed by atoms with Crippen LogP contribution in [0.25, 0.3) is 0 Å². The Kier molecular flexibility index (Phi) is 3.84. The van der Waals surface area contributed by atoms with E-state index in [0.717, 1.165) is 6.07 Å². The number of aromatic nitrogens is 1. The van der Waals surface area contributed by atoms with Crippen LogP contribution in [-0.2, 0) is 12.7 Å². The van der Waals surface area contributed by atoms with Crippen LogP contribution in [0, 0.1) is 0 Å². The molecule has 1 aromatic rings. The number of nitrogens with two attached hydrogens (primary N) is 1. The zero-order valence-corrected chi connectivity index (χ0v) is 9.24. The van der Waals surface area contributed by atoms with Gasteiger partial charge in [-0.15, -0.1) is 0 Å². The Bertz CT molecular complexity index is 391. The third-order valence-electron chi connectivity index (χ3n) is 1.79. The summed E-state index contributed by atoms with van der Waals surface area (Å²) in [6, 6.07) is 0.835. The van der Waals surface area contributed by atoms with Gasteiger partial charge in [0.2, 0.25) is 0 Å². The normalized spacial score (nSPS) is 12.2.